The van der Waals surface area contributed by atoms with Crippen molar-refractivity contribution < 1.29 is 29.6 Å². The number of phenolic OH excluding ortho intramolecular Hbond substituents is 1. The molecule has 0 fully saturated rings. The summed E-state index contributed by atoms with van der Waals surface area (Å²) in [5.41, 5.74) is 0.824. The van der Waals surface area contributed by atoms with Crippen molar-refractivity contribution in [2.24, 2.45) is 0 Å². The first-order chi connectivity index (χ1) is 9.95. The second-order valence-electron chi connectivity index (χ2n) is 3.83. The molecule has 7 heteroatoms. The zero-order valence-corrected chi connectivity index (χ0v) is 14.0. The second-order valence-corrected chi connectivity index (χ2v) is 3.83. The van der Waals surface area contributed by atoms with E-state index in [4.69, 9.17) is 19.7 Å². The van der Waals surface area contributed by atoms with Crippen LogP contribution in [0.3, 0.4) is 0 Å². The van der Waals surface area contributed by atoms with Crippen molar-refractivity contribution in [3.8, 4) is 11.5 Å². The molecule has 0 aromatic heterocycles. The van der Waals surface area contributed by atoms with Gasteiger partial charge >= 0.3 is 37.7 Å². The average Bonchev–Trinajstić information content (AvgIpc) is 2.46. The van der Waals surface area contributed by atoms with Crippen LogP contribution >= 0.6 is 0 Å². The molecule has 1 N–H and O–H groups in total. The summed E-state index contributed by atoms with van der Waals surface area (Å²) in [6.07, 6.45) is -2.33. The Morgan fingerprint density at radius 3 is 2.05 bits per heavy atom. The van der Waals surface area contributed by atoms with E-state index in [1.165, 1.54) is 13.2 Å². The Hall–Kier alpha value is -1.76. The fourth-order valence-electron chi connectivity index (χ4n) is 1.58. The van der Waals surface area contributed by atoms with Crippen LogP contribution in [-0.2, 0) is 0 Å². The molecule has 0 spiro atoms. The number of hydrogen-bond donors (Lipinski definition) is 1. The van der Waals surface area contributed by atoms with Crippen molar-refractivity contribution >= 4 is 49.7 Å². The molecule has 2 aromatic rings. The van der Waals surface area contributed by atoms with E-state index in [9.17, 15) is 9.90 Å². The van der Waals surface area contributed by atoms with Gasteiger partial charge in [-0.1, -0.05) is 30.3 Å². The van der Waals surface area contributed by atoms with Gasteiger partial charge in [-0.15, -0.1) is 0 Å². The summed E-state index contributed by atoms with van der Waals surface area (Å²) in [6.45, 7) is 0. The Labute approximate surface area is 157 Å². The molecule has 22 heavy (non-hydrogen) atoms. The molecule has 110 valence electrons. The number of hydrogen-bond acceptors (Lipinski definition) is 6. The van der Waals surface area contributed by atoms with E-state index in [1.807, 2.05) is 6.07 Å². The molecule has 6 nitrogen and oxygen atoms in total. The Bertz CT molecular complexity index is 623. The number of ketones is 1. The van der Waals surface area contributed by atoms with Gasteiger partial charge in [0.25, 0.3) is 0 Å². The van der Waals surface area contributed by atoms with Gasteiger partial charge in [-0.25, -0.2) is 0 Å². The summed E-state index contributed by atoms with van der Waals surface area (Å²) in [5.74, 6) is 0.246. The predicted molar refractivity (Wildman–Crippen MR) is 75.7 cm³/mol. The molecule has 0 saturated carbocycles. The van der Waals surface area contributed by atoms with Crippen LogP contribution in [0.25, 0.3) is 0 Å². The summed E-state index contributed by atoms with van der Waals surface area (Å²) < 4.78 is 4.96. The number of phenols is 1. The van der Waals surface area contributed by atoms with Crippen LogP contribution < -0.4 is 14.9 Å². The Morgan fingerprint density at radius 2 is 1.59 bits per heavy atom. The van der Waals surface area contributed by atoms with Crippen molar-refractivity contribution in [1.29, 1.82) is 0 Å². The maximum Gasteiger partial charge on any atom is 2.00 e. The Kier molecular flexibility index (Phi) is 9.24. The number of carboxylic acid groups (broad SMARTS) is 2. The maximum absolute atomic E-state index is 12.1. The molecule has 0 amide bonds. The number of rotatable bonds is 3. The van der Waals surface area contributed by atoms with Gasteiger partial charge < -0.3 is 24.9 Å². The van der Waals surface area contributed by atoms with E-state index >= 15 is 0 Å². The molecule has 0 atom stereocenters. The smallest absolute Gasteiger partial charge is 0.652 e. The van der Waals surface area contributed by atoms with Crippen molar-refractivity contribution in [2.45, 2.75) is 0 Å². The van der Waals surface area contributed by atoms with Crippen LogP contribution in [0.5, 0.6) is 11.5 Å². The van der Waals surface area contributed by atoms with Gasteiger partial charge in [0.05, 0.1) is 12.7 Å². The standard InChI is InChI=1S/C14H12O3.CH2O3.Ca/c1-17-11-7-8-12(13(15)9-11)14(16)10-5-3-2-4-6-10;2-1(3)4;/h2-9,15H,1H3;(H2,2,3,4);/q;;+2/p-2. The number of methoxy groups -OCH3 is 1. The maximum atomic E-state index is 12.1. The molecular formula is C15H12CaO6. The van der Waals surface area contributed by atoms with Gasteiger partial charge in [-0.3, -0.25) is 4.79 Å². The largest absolute Gasteiger partial charge is 2.00 e. The molecular weight excluding hydrogens is 316 g/mol. The number of carbonyl (C=O) groups excluding carboxylic acids is 2. The zero-order valence-electron chi connectivity index (χ0n) is 11.8. The van der Waals surface area contributed by atoms with Crippen molar-refractivity contribution in [3.05, 3.63) is 59.7 Å². The molecule has 0 unspecified atom stereocenters. The number of carbonyl (C=O) groups is 2. The molecule has 0 saturated heterocycles. The van der Waals surface area contributed by atoms with E-state index in [2.05, 4.69) is 0 Å². The summed E-state index contributed by atoms with van der Waals surface area (Å²) >= 11 is 0. The van der Waals surface area contributed by atoms with Gasteiger partial charge in [0, 0.05) is 11.6 Å². The predicted octanol–water partition coefficient (Wildman–Crippen LogP) is -0.196. The third-order valence-electron chi connectivity index (χ3n) is 2.49. The number of aromatic hydroxyl groups is 1. The fraction of sp³-hybridized carbons (Fsp3) is 0.0667. The molecule has 2 rings (SSSR count). The van der Waals surface area contributed by atoms with Crippen LogP contribution in [0.15, 0.2) is 48.5 Å². The minimum atomic E-state index is -2.33. The van der Waals surface area contributed by atoms with E-state index in [0.717, 1.165) is 0 Å². The third kappa shape index (κ3) is 6.34. The summed E-state index contributed by atoms with van der Waals surface area (Å²) in [5, 5.41) is 26.4. The Morgan fingerprint density at radius 1 is 1.05 bits per heavy atom. The van der Waals surface area contributed by atoms with Crippen LogP contribution in [-0.4, -0.2) is 61.9 Å². The first-order valence-electron chi connectivity index (χ1n) is 5.80. The minimum absolute atomic E-state index is 0. The van der Waals surface area contributed by atoms with Crippen molar-refractivity contribution in [1.82, 2.24) is 0 Å². The molecule has 0 aliphatic rings. The summed E-state index contributed by atoms with van der Waals surface area (Å²) in [7, 11) is 1.51. The second kappa shape index (κ2) is 10.0. The van der Waals surface area contributed by atoms with Crippen LogP contribution in [0, 0.1) is 0 Å². The number of ether oxygens (including phenoxy) is 1. The molecule has 0 bridgehead atoms. The van der Waals surface area contributed by atoms with Gasteiger partial charge in [0.1, 0.15) is 11.5 Å². The molecule has 0 aliphatic carbocycles. The third-order valence-corrected chi connectivity index (χ3v) is 2.49. The van der Waals surface area contributed by atoms with Crippen molar-refractivity contribution in [2.75, 3.05) is 7.11 Å². The van der Waals surface area contributed by atoms with E-state index < -0.39 is 6.16 Å². The first kappa shape index (κ1) is 20.2. The minimum Gasteiger partial charge on any atom is -0.652 e. The van der Waals surface area contributed by atoms with Gasteiger partial charge in [0.15, 0.2) is 5.78 Å². The SMILES string of the molecule is COc1ccc(C(=O)c2ccccc2)c(O)c1.O=C([O-])[O-].[Ca+2]. The van der Waals surface area contributed by atoms with Gasteiger partial charge in [0.2, 0.25) is 0 Å². The summed E-state index contributed by atoms with van der Waals surface area (Å²) in [4.78, 5) is 20.4. The average molecular weight is 328 g/mol. The first-order valence-corrected chi connectivity index (χ1v) is 5.80. The van der Waals surface area contributed by atoms with Crippen LogP contribution in [0.1, 0.15) is 15.9 Å². The molecule has 0 heterocycles. The van der Waals surface area contributed by atoms with Crippen LogP contribution in [0.2, 0.25) is 0 Å². The molecule has 0 radical (unpaired) electrons. The normalized spacial score (nSPS) is 8.77. The van der Waals surface area contributed by atoms with Gasteiger partial charge in [-0.05, 0) is 18.3 Å². The molecule has 0 aliphatic heterocycles. The number of benzene rings is 2. The fourth-order valence-corrected chi connectivity index (χ4v) is 1.58. The van der Waals surface area contributed by atoms with E-state index in [1.54, 1.807) is 36.4 Å². The quantitative estimate of drug-likeness (QED) is 0.617. The summed E-state index contributed by atoms with van der Waals surface area (Å²) in [6, 6.07) is 13.5. The Balaban J connectivity index is 0.000000791. The van der Waals surface area contributed by atoms with E-state index in [0.29, 0.717) is 11.3 Å². The monoisotopic (exact) mass is 328 g/mol. The topological polar surface area (TPSA) is 110 Å². The zero-order chi connectivity index (χ0) is 15.8. The molecule has 2 aromatic carbocycles. The van der Waals surface area contributed by atoms with Crippen LogP contribution in [0.4, 0.5) is 4.79 Å². The van der Waals surface area contributed by atoms with Crippen molar-refractivity contribution in [3.63, 3.8) is 0 Å². The van der Waals surface area contributed by atoms with E-state index in [-0.39, 0.29) is 54.8 Å². The van der Waals surface area contributed by atoms with Gasteiger partial charge in [-0.2, -0.15) is 0 Å².